The number of nitrogens with zero attached hydrogens (tertiary/aromatic N) is 3. The zero-order chi connectivity index (χ0) is 17.7. The van der Waals surface area contributed by atoms with E-state index in [1.165, 1.54) is 6.33 Å². The Kier molecular flexibility index (Phi) is 3.47. The van der Waals surface area contributed by atoms with Crippen LogP contribution in [0.5, 0.6) is 5.75 Å². The highest BCUT2D eigenvalue weighted by Gasteiger charge is 2.22. The molecule has 0 unspecified atom stereocenters. The maximum Gasteiger partial charge on any atom is 0.152 e. The number of ether oxygens (including phenoxy) is 1. The van der Waals surface area contributed by atoms with Gasteiger partial charge >= 0.3 is 0 Å². The molecular formula is C18H16N4O2S. The summed E-state index contributed by atoms with van der Waals surface area (Å²) < 4.78 is 8.23. The summed E-state index contributed by atoms with van der Waals surface area (Å²) in [4.78, 5) is 16.8. The van der Waals surface area contributed by atoms with Crippen molar-refractivity contribution < 1.29 is 9.53 Å². The highest BCUT2D eigenvalue weighted by atomic mass is 32.1. The van der Waals surface area contributed by atoms with Crippen LogP contribution in [-0.4, -0.2) is 28.0 Å². The number of nitrogen functional groups attached to an aromatic ring is 1. The summed E-state index contributed by atoms with van der Waals surface area (Å²) in [5.41, 5.74) is 9.96. The number of thiophene rings is 1. The molecule has 6 nitrogen and oxygen atoms in total. The fraction of sp³-hybridized carbons (Fsp3) is 0.167. The summed E-state index contributed by atoms with van der Waals surface area (Å²) in [7, 11) is 1.66. The molecule has 3 heterocycles. The van der Waals surface area contributed by atoms with Crippen molar-refractivity contribution >= 4 is 39.0 Å². The third-order valence-corrected chi connectivity index (χ3v) is 5.53. The van der Waals surface area contributed by atoms with E-state index < -0.39 is 0 Å². The van der Waals surface area contributed by atoms with Crippen LogP contribution in [0.15, 0.2) is 24.5 Å². The van der Waals surface area contributed by atoms with Gasteiger partial charge in [-0.2, -0.15) is 5.10 Å². The first-order chi connectivity index (χ1) is 12.0. The molecule has 3 aromatic heterocycles. The molecule has 0 aliphatic heterocycles. The number of aromatic nitrogens is 3. The molecule has 0 atom stereocenters. The van der Waals surface area contributed by atoms with Gasteiger partial charge in [0.25, 0.3) is 0 Å². The summed E-state index contributed by atoms with van der Waals surface area (Å²) in [6, 6.07) is 6.16. The van der Waals surface area contributed by atoms with E-state index in [0.717, 1.165) is 43.8 Å². The van der Waals surface area contributed by atoms with Crippen molar-refractivity contribution in [1.29, 1.82) is 0 Å². The first-order valence-electron chi connectivity index (χ1n) is 7.70. The van der Waals surface area contributed by atoms with Crippen molar-refractivity contribution in [3.63, 3.8) is 0 Å². The predicted molar refractivity (Wildman–Crippen MR) is 99.6 cm³/mol. The molecule has 0 fully saturated rings. The summed E-state index contributed by atoms with van der Waals surface area (Å²) in [6.07, 6.45) is 2.25. The Bertz CT molecular complexity index is 1140. The molecule has 0 saturated carbocycles. The number of carbonyl (C=O) groups excluding carboxylic acids is 1. The minimum absolute atomic E-state index is 0.349. The molecular weight excluding hydrogens is 336 g/mol. The van der Waals surface area contributed by atoms with Gasteiger partial charge in [-0.3, -0.25) is 4.79 Å². The lowest BCUT2D eigenvalue weighted by molar-refractivity contribution is 0.112. The summed E-state index contributed by atoms with van der Waals surface area (Å²) in [5.74, 6) is 1.17. The molecule has 0 bridgehead atoms. The van der Waals surface area contributed by atoms with Crippen LogP contribution >= 0.6 is 11.3 Å². The Morgan fingerprint density at radius 3 is 2.80 bits per heavy atom. The second-order valence-corrected chi connectivity index (χ2v) is 6.95. The largest absolute Gasteiger partial charge is 0.495 e. The number of nitrogens with two attached hydrogens (primary N) is 1. The zero-order valence-electron chi connectivity index (χ0n) is 14.0. The number of rotatable bonds is 3. The van der Waals surface area contributed by atoms with E-state index in [9.17, 15) is 4.79 Å². The fourth-order valence-corrected chi connectivity index (χ4v) is 4.40. The molecule has 1 aromatic carbocycles. The van der Waals surface area contributed by atoms with Gasteiger partial charge in [-0.1, -0.05) is 6.07 Å². The Hall–Kier alpha value is -2.93. The number of aldehydes is 1. The lowest BCUT2D eigenvalue weighted by Crippen LogP contribution is -2.00. The second-order valence-electron chi connectivity index (χ2n) is 5.89. The van der Waals surface area contributed by atoms with E-state index in [4.69, 9.17) is 10.5 Å². The summed E-state index contributed by atoms with van der Waals surface area (Å²) in [6.45, 7) is 3.88. The van der Waals surface area contributed by atoms with Crippen LogP contribution < -0.4 is 10.5 Å². The van der Waals surface area contributed by atoms with Crippen LogP contribution in [0.4, 0.5) is 5.82 Å². The maximum atomic E-state index is 11.8. The van der Waals surface area contributed by atoms with Gasteiger partial charge in [0.15, 0.2) is 12.1 Å². The first-order valence-corrected chi connectivity index (χ1v) is 8.52. The predicted octanol–water partition coefficient (Wildman–Crippen LogP) is 3.63. The van der Waals surface area contributed by atoms with E-state index in [2.05, 4.69) is 22.2 Å². The summed E-state index contributed by atoms with van der Waals surface area (Å²) >= 11 is 1.57. The molecule has 0 aliphatic carbocycles. The molecule has 7 heteroatoms. The molecule has 2 N–H and O–H groups in total. The van der Waals surface area contributed by atoms with Crippen molar-refractivity contribution in [2.45, 2.75) is 13.8 Å². The number of aryl methyl sites for hydroxylation is 2. The average molecular weight is 352 g/mol. The monoisotopic (exact) mass is 352 g/mol. The zero-order valence-corrected chi connectivity index (χ0v) is 14.8. The van der Waals surface area contributed by atoms with Gasteiger partial charge in [-0.15, -0.1) is 11.3 Å². The third kappa shape index (κ3) is 2.20. The van der Waals surface area contributed by atoms with Crippen molar-refractivity contribution in [3.8, 4) is 16.2 Å². The minimum Gasteiger partial charge on any atom is -0.495 e. The standard InChI is InChI=1S/C18H16N4O2S/c1-9-4-11-6-14(25-17(11)13(5-9)24-3)15-12(7-23)10(2)22-16(15)18(19)20-8-21-22/h4-8H,1-3H3,(H2,19,20,21). The molecule has 0 aliphatic rings. The second kappa shape index (κ2) is 5.56. The van der Waals surface area contributed by atoms with Crippen molar-refractivity contribution in [3.05, 3.63) is 41.3 Å². The van der Waals surface area contributed by atoms with E-state index in [1.54, 1.807) is 23.0 Å². The van der Waals surface area contributed by atoms with Crippen molar-refractivity contribution in [2.75, 3.05) is 12.8 Å². The Labute approximate surface area is 147 Å². The van der Waals surface area contributed by atoms with Gasteiger partial charge < -0.3 is 10.5 Å². The van der Waals surface area contributed by atoms with Gasteiger partial charge in [-0.05, 0) is 36.9 Å². The lowest BCUT2D eigenvalue weighted by Gasteiger charge is -2.02. The number of methoxy groups -OCH3 is 1. The van der Waals surface area contributed by atoms with Crippen LogP contribution in [0, 0.1) is 13.8 Å². The quantitative estimate of drug-likeness (QED) is 0.569. The number of hydrogen-bond donors (Lipinski definition) is 1. The van der Waals surface area contributed by atoms with Crippen LogP contribution in [0.1, 0.15) is 21.6 Å². The highest BCUT2D eigenvalue weighted by molar-refractivity contribution is 7.22. The number of benzene rings is 1. The van der Waals surface area contributed by atoms with Crippen LogP contribution in [0.3, 0.4) is 0 Å². The molecule has 0 spiro atoms. The third-order valence-electron chi connectivity index (χ3n) is 4.34. The average Bonchev–Trinajstić information content (AvgIpc) is 3.13. The minimum atomic E-state index is 0.349. The molecule has 4 rings (SSSR count). The van der Waals surface area contributed by atoms with Gasteiger partial charge in [0.2, 0.25) is 0 Å². The smallest absolute Gasteiger partial charge is 0.152 e. The molecule has 126 valence electrons. The van der Waals surface area contributed by atoms with Gasteiger partial charge in [0.1, 0.15) is 17.6 Å². The van der Waals surface area contributed by atoms with E-state index in [1.807, 2.05) is 19.9 Å². The molecule has 0 radical (unpaired) electrons. The van der Waals surface area contributed by atoms with Gasteiger partial charge in [-0.25, -0.2) is 9.50 Å². The molecule has 0 saturated heterocycles. The Morgan fingerprint density at radius 1 is 1.28 bits per heavy atom. The van der Waals surface area contributed by atoms with Crippen LogP contribution in [0.25, 0.3) is 26.0 Å². The Morgan fingerprint density at radius 2 is 2.08 bits per heavy atom. The van der Waals surface area contributed by atoms with E-state index >= 15 is 0 Å². The number of anilines is 1. The number of carbonyl (C=O) groups is 1. The first kappa shape index (κ1) is 15.6. The number of hydrogen-bond acceptors (Lipinski definition) is 6. The molecule has 25 heavy (non-hydrogen) atoms. The van der Waals surface area contributed by atoms with Crippen molar-refractivity contribution in [1.82, 2.24) is 14.6 Å². The highest BCUT2D eigenvalue weighted by Crippen LogP contribution is 2.43. The SMILES string of the molecule is COc1cc(C)cc2cc(-c3c(C=O)c(C)n4ncnc(N)c34)sc12. The van der Waals surface area contributed by atoms with Gasteiger partial charge in [0, 0.05) is 16.0 Å². The van der Waals surface area contributed by atoms with Crippen molar-refractivity contribution in [2.24, 2.45) is 0 Å². The fourth-order valence-electron chi connectivity index (χ4n) is 3.21. The summed E-state index contributed by atoms with van der Waals surface area (Å²) in [5, 5.41) is 5.32. The Balaban J connectivity index is 2.12. The molecule has 0 amide bonds. The van der Waals surface area contributed by atoms with Gasteiger partial charge in [0.05, 0.1) is 17.5 Å². The lowest BCUT2D eigenvalue weighted by atomic mass is 10.1. The van der Waals surface area contributed by atoms with E-state index in [0.29, 0.717) is 16.9 Å². The normalized spacial score (nSPS) is 11.3. The molecule has 4 aromatic rings. The maximum absolute atomic E-state index is 11.8. The van der Waals surface area contributed by atoms with E-state index in [-0.39, 0.29) is 0 Å². The topological polar surface area (TPSA) is 82.5 Å². The number of fused-ring (bicyclic) bond motifs is 2. The van der Waals surface area contributed by atoms with Crippen LogP contribution in [-0.2, 0) is 0 Å². The van der Waals surface area contributed by atoms with Crippen LogP contribution in [0.2, 0.25) is 0 Å².